The Hall–Kier alpha value is -2.08. The van der Waals surface area contributed by atoms with Crippen molar-refractivity contribution in [2.24, 2.45) is 4.99 Å². The van der Waals surface area contributed by atoms with Crippen molar-refractivity contribution < 1.29 is 4.79 Å². The van der Waals surface area contributed by atoms with Crippen molar-refractivity contribution in [3.05, 3.63) is 35.4 Å². The predicted molar refractivity (Wildman–Crippen MR) is 98.3 cm³/mol. The molecule has 2 rings (SSSR count). The molecule has 1 aromatic rings. The molecule has 1 aliphatic rings. The van der Waals surface area contributed by atoms with Gasteiger partial charge in [0.05, 0.1) is 0 Å². The van der Waals surface area contributed by atoms with E-state index in [0.717, 1.165) is 24.6 Å². The summed E-state index contributed by atoms with van der Waals surface area (Å²) in [6.07, 6.45) is 2.52. The number of nitrogens with one attached hydrogen (secondary N) is 3. The molecule has 1 aromatic carbocycles. The molecule has 1 heterocycles. The first-order valence-electron chi connectivity index (χ1n) is 8.67. The molecule has 0 saturated carbocycles. The number of aliphatic imine (C=N–C) groups is 1. The van der Waals surface area contributed by atoms with Crippen molar-refractivity contribution in [1.82, 2.24) is 20.9 Å². The fraction of sp³-hybridized carbons (Fsp3) is 0.556. The molecule has 1 saturated heterocycles. The van der Waals surface area contributed by atoms with Gasteiger partial charge < -0.3 is 16.0 Å². The molecule has 0 radical (unpaired) electrons. The maximum atomic E-state index is 11.7. The van der Waals surface area contributed by atoms with Crippen molar-refractivity contribution in [2.45, 2.75) is 32.4 Å². The number of amides is 1. The van der Waals surface area contributed by atoms with Gasteiger partial charge in [0.25, 0.3) is 5.91 Å². The van der Waals surface area contributed by atoms with E-state index >= 15 is 0 Å². The van der Waals surface area contributed by atoms with Crippen LogP contribution in [-0.2, 0) is 6.54 Å². The molecular weight excluding hydrogens is 302 g/mol. The fourth-order valence-corrected chi connectivity index (χ4v) is 3.13. The highest BCUT2D eigenvalue weighted by Gasteiger charge is 2.22. The van der Waals surface area contributed by atoms with Crippen LogP contribution >= 0.6 is 0 Å². The lowest BCUT2D eigenvalue weighted by Gasteiger charge is -2.24. The van der Waals surface area contributed by atoms with E-state index in [9.17, 15) is 4.79 Å². The molecule has 1 amide bonds. The largest absolute Gasteiger partial charge is 0.355 e. The Kier molecular flexibility index (Phi) is 7.06. The number of carbonyl (C=O) groups excluding carboxylic acids is 1. The highest BCUT2D eigenvalue weighted by atomic mass is 16.1. The zero-order chi connectivity index (χ0) is 17.4. The number of likely N-dealkylation sites (N-methyl/N-ethyl adjacent to an activating group) is 1. The first-order valence-corrected chi connectivity index (χ1v) is 8.67. The summed E-state index contributed by atoms with van der Waals surface area (Å²) in [5.74, 6) is 0.726. The smallest absolute Gasteiger partial charge is 0.251 e. The predicted octanol–water partition coefficient (Wildman–Crippen LogP) is 1.20. The summed E-state index contributed by atoms with van der Waals surface area (Å²) in [5.41, 5.74) is 1.72. The lowest BCUT2D eigenvalue weighted by molar-refractivity contribution is 0.0963. The first kappa shape index (κ1) is 18.3. The summed E-state index contributed by atoms with van der Waals surface area (Å²) in [4.78, 5) is 18.5. The highest BCUT2D eigenvalue weighted by molar-refractivity contribution is 5.94. The van der Waals surface area contributed by atoms with E-state index in [1.54, 1.807) is 14.1 Å². The molecule has 0 spiro atoms. The standard InChI is InChI=1S/C18H29N5O/c1-4-23-10-6-9-16(23)13-22-18(20-3)21-12-14-7-5-8-15(11-14)17(24)19-2/h5,7-8,11,16H,4,6,9-10,12-13H2,1-3H3,(H,19,24)(H2,20,21,22). The molecular formula is C18H29N5O. The van der Waals surface area contributed by atoms with Crippen LogP contribution in [0.2, 0.25) is 0 Å². The lowest BCUT2D eigenvalue weighted by atomic mass is 10.1. The Balaban J connectivity index is 1.84. The van der Waals surface area contributed by atoms with E-state index in [0.29, 0.717) is 18.2 Å². The summed E-state index contributed by atoms with van der Waals surface area (Å²) in [6, 6.07) is 8.20. The van der Waals surface area contributed by atoms with Crippen LogP contribution in [0.5, 0.6) is 0 Å². The van der Waals surface area contributed by atoms with Crippen molar-refractivity contribution in [3.63, 3.8) is 0 Å². The summed E-state index contributed by atoms with van der Waals surface area (Å²) in [5, 5.41) is 9.37. The number of hydrogen-bond donors (Lipinski definition) is 3. The van der Waals surface area contributed by atoms with Gasteiger partial charge in [0, 0.05) is 38.8 Å². The third-order valence-electron chi connectivity index (χ3n) is 4.51. The second-order valence-corrected chi connectivity index (χ2v) is 6.01. The van der Waals surface area contributed by atoms with Gasteiger partial charge in [-0.3, -0.25) is 14.7 Å². The Morgan fingerprint density at radius 1 is 1.38 bits per heavy atom. The van der Waals surface area contributed by atoms with E-state index < -0.39 is 0 Å². The first-order chi connectivity index (χ1) is 11.7. The van der Waals surface area contributed by atoms with Crippen LogP contribution in [0.1, 0.15) is 35.7 Å². The zero-order valence-electron chi connectivity index (χ0n) is 14.9. The third kappa shape index (κ3) is 4.96. The average Bonchev–Trinajstić information content (AvgIpc) is 3.09. The van der Waals surface area contributed by atoms with E-state index in [1.807, 2.05) is 24.3 Å². The summed E-state index contributed by atoms with van der Waals surface area (Å²) in [6.45, 7) is 6.05. The van der Waals surface area contributed by atoms with Crippen LogP contribution < -0.4 is 16.0 Å². The van der Waals surface area contributed by atoms with Gasteiger partial charge in [0.2, 0.25) is 0 Å². The Morgan fingerprint density at radius 3 is 2.92 bits per heavy atom. The highest BCUT2D eigenvalue weighted by Crippen LogP contribution is 2.15. The number of nitrogens with zero attached hydrogens (tertiary/aromatic N) is 2. The maximum Gasteiger partial charge on any atom is 0.251 e. The summed E-state index contributed by atoms with van der Waals surface area (Å²) in [7, 11) is 3.42. The molecule has 24 heavy (non-hydrogen) atoms. The molecule has 1 fully saturated rings. The number of hydrogen-bond acceptors (Lipinski definition) is 3. The van der Waals surface area contributed by atoms with E-state index in [1.165, 1.54) is 19.4 Å². The molecule has 132 valence electrons. The van der Waals surface area contributed by atoms with Gasteiger partial charge >= 0.3 is 0 Å². The number of guanidine groups is 1. The molecule has 6 heteroatoms. The zero-order valence-corrected chi connectivity index (χ0v) is 14.9. The lowest BCUT2D eigenvalue weighted by Crippen LogP contribution is -2.44. The molecule has 0 aromatic heterocycles. The van der Waals surface area contributed by atoms with Gasteiger partial charge in [-0.2, -0.15) is 0 Å². The van der Waals surface area contributed by atoms with E-state index in [-0.39, 0.29) is 5.91 Å². The van der Waals surface area contributed by atoms with Gasteiger partial charge in [-0.1, -0.05) is 19.1 Å². The van der Waals surface area contributed by atoms with Crippen LogP contribution in [0.4, 0.5) is 0 Å². The SMILES string of the molecule is CCN1CCCC1CNC(=NC)NCc1cccc(C(=O)NC)c1. The van der Waals surface area contributed by atoms with Crippen LogP contribution in [0.3, 0.4) is 0 Å². The summed E-state index contributed by atoms with van der Waals surface area (Å²) >= 11 is 0. The average molecular weight is 331 g/mol. The van der Waals surface area contributed by atoms with E-state index in [4.69, 9.17) is 0 Å². The molecule has 1 atom stereocenters. The minimum atomic E-state index is -0.0692. The van der Waals surface area contributed by atoms with Gasteiger partial charge in [-0.05, 0) is 43.6 Å². The fourth-order valence-electron chi connectivity index (χ4n) is 3.13. The van der Waals surface area contributed by atoms with Crippen molar-refractivity contribution >= 4 is 11.9 Å². The Bertz CT molecular complexity index is 572. The number of carbonyl (C=O) groups is 1. The van der Waals surface area contributed by atoms with Crippen molar-refractivity contribution in [2.75, 3.05) is 33.7 Å². The normalized spacial score (nSPS) is 18.5. The maximum absolute atomic E-state index is 11.7. The third-order valence-corrected chi connectivity index (χ3v) is 4.51. The van der Waals surface area contributed by atoms with Gasteiger partial charge in [-0.25, -0.2) is 0 Å². The second kappa shape index (κ2) is 9.27. The minimum Gasteiger partial charge on any atom is -0.355 e. The van der Waals surface area contributed by atoms with Crippen LogP contribution in [0, 0.1) is 0 Å². The molecule has 0 aliphatic carbocycles. The van der Waals surface area contributed by atoms with Gasteiger partial charge in [0.1, 0.15) is 0 Å². The summed E-state index contributed by atoms with van der Waals surface area (Å²) < 4.78 is 0. The monoisotopic (exact) mass is 331 g/mol. The van der Waals surface area contributed by atoms with E-state index in [2.05, 4.69) is 32.8 Å². The quantitative estimate of drug-likeness (QED) is 0.541. The molecule has 1 aliphatic heterocycles. The van der Waals surface area contributed by atoms with Crippen molar-refractivity contribution in [3.8, 4) is 0 Å². The number of rotatable bonds is 6. The van der Waals surface area contributed by atoms with Gasteiger partial charge in [-0.15, -0.1) is 0 Å². The molecule has 1 unspecified atom stereocenters. The molecule has 3 N–H and O–H groups in total. The second-order valence-electron chi connectivity index (χ2n) is 6.01. The van der Waals surface area contributed by atoms with Crippen molar-refractivity contribution in [1.29, 1.82) is 0 Å². The number of benzene rings is 1. The van der Waals surface area contributed by atoms with Crippen LogP contribution in [0.25, 0.3) is 0 Å². The topological polar surface area (TPSA) is 68.8 Å². The number of likely N-dealkylation sites (tertiary alicyclic amines) is 1. The van der Waals surface area contributed by atoms with Crippen LogP contribution in [0.15, 0.2) is 29.3 Å². The Labute approximate surface area is 144 Å². The van der Waals surface area contributed by atoms with Crippen LogP contribution in [-0.4, -0.2) is 56.5 Å². The molecule has 0 bridgehead atoms. The molecule has 6 nitrogen and oxygen atoms in total. The van der Waals surface area contributed by atoms with Gasteiger partial charge in [0.15, 0.2) is 5.96 Å². The Morgan fingerprint density at radius 2 is 2.21 bits per heavy atom. The minimum absolute atomic E-state index is 0.0692.